The maximum Gasteiger partial charge on any atom is 0.247 e. The first-order valence-corrected chi connectivity index (χ1v) is 11.3. The number of aromatic nitrogens is 2. The summed E-state index contributed by atoms with van der Waals surface area (Å²) in [4.78, 5) is 27.3. The minimum absolute atomic E-state index is 0.310. The molecule has 184 valence electrons. The maximum absolute atomic E-state index is 12.1. The third-order valence-electron chi connectivity index (χ3n) is 5.34. The molecule has 1 aromatic heterocycles. The predicted molar refractivity (Wildman–Crippen MR) is 137 cm³/mol. The fraction of sp³-hybridized carbons (Fsp3) is 0.435. The van der Waals surface area contributed by atoms with Crippen molar-refractivity contribution in [2.24, 2.45) is 0 Å². The lowest BCUT2D eigenvalue weighted by molar-refractivity contribution is -0.111. The number of anilines is 5. The smallest absolute Gasteiger partial charge is 0.247 e. The molecule has 1 aliphatic heterocycles. The van der Waals surface area contributed by atoms with Crippen LogP contribution in [0.1, 0.15) is 0 Å². The van der Waals surface area contributed by atoms with Crippen LogP contribution in [0.5, 0.6) is 5.75 Å². The Hall–Kier alpha value is -3.08. The molecule has 10 nitrogen and oxygen atoms in total. The highest BCUT2D eigenvalue weighted by Gasteiger charge is 2.19. The van der Waals surface area contributed by atoms with E-state index in [-0.39, 0.29) is 5.91 Å². The van der Waals surface area contributed by atoms with E-state index in [1.165, 1.54) is 6.08 Å². The molecule has 2 aromatic rings. The SMILES string of the molecule is C=CC(=O)Nc1cc(Nc2ncc(Cl)c(N3CCOCC3)n2)c(OC)cc1N(C)CCN(C)C. The molecule has 3 rings (SSSR count). The molecule has 0 spiro atoms. The van der Waals surface area contributed by atoms with Crippen LogP contribution in [-0.2, 0) is 9.53 Å². The number of hydrogen-bond donors (Lipinski definition) is 2. The van der Waals surface area contributed by atoms with Crippen molar-refractivity contribution >= 4 is 46.3 Å². The Labute approximate surface area is 205 Å². The van der Waals surface area contributed by atoms with Crippen molar-refractivity contribution in [2.45, 2.75) is 0 Å². The minimum atomic E-state index is -0.310. The number of carbonyl (C=O) groups excluding carboxylic acids is 1. The lowest BCUT2D eigenvalue weighted by Crippen LogP contribution is -2.37. The lowest BCUT2D eigenvalue weighted by atomic mass is 10.2. The van der Waals surface area contributed by atoms with E-state index < -0.39 is 0 Å². The number of amides is 1. The van der Waals surface area contributed by atoms with E-state index in [1.54, 1.807) is 19.4 Å². The molecule has 0 saturated carbocycles. The number of likely N-dealkylation sites (N-methyl/N-ethyl adjacent to an activating group) is 2. The van der Waals surface area contributed by atoms with E-state index in [4.69, 9.17) is 21.1 Å². The number of nitrogens with zero attached hydrogens (tertiary/aromatic N) is 5. The fourth-order valence-corrected chi connectivity index (χ4v) is 3.65. The number of rotatable bonds is 10. The Morgan fingerprint density at radius 3 is 2.65 bits per heavy atom. The molecule has 0 radical (unpaired) electrons. The molecule has 1 aliphatic rings. The number of halogens is 1. The van der Waals surface area contributed by atoms with Crippen molar-refractivity contribution in [1.82, 2.24) is 14.9 Å². The third kappa shape index (κ3) is 6.49. The standard InChI is InChI=1S/C23H32ClN7O3/c1-6-21(32)26-17-13-18(20(33-5)14-19(17)30(4)8-7-29(2)3)27-23-25-15-16(24)22(28-23)31-9-11-34-12-10-31/h6,13-15H,1,7-12H2,2-5H3,(H,26,32)(H,25,27,28). The first-order valence-electron chi connectivity index (χ1n) is 11.0. The molecule has 1 fully saturated rings. The van der Waals surface area contributed by atoms with Crippen molar-refractivity contribution in [3.63, 3.8) is 0 Å². The Bertz CT molecular complexity index is 1010. The summed E-state index contributed by atoms with van der Waals surface area (Å²) < 4.78 is 11.1. The van der Waals surface area contributed by atoms with Gasteiger partial charge in [0.25, 0.3) is 0 Å². The van der Waals surface area contributed by atoms with E-state index >= 15 is 0 Å². The van der Waals surface area contributed by atoms with Crippen LogP contribution in [0.4, 0.5) is 28.8 Å². The minimum Gasteiger partial charge on any atom is -0.494 e. The van der Waals surface area contributed by atoms with Crippen molar-refractivity contribution in [1.29, 1.82) is 0 Å². The Balaban J connectivity index is 1.95. The van der Waals surface area contributed by atoms with Crippen LogP contribution < -0.4 is 25.2 Å². The van der Waals surface area contributed by atoms with Gasteiger partial charge in [0, 0.05) is 39.3 Å². The van der Waals surface area contributed by atoms with E-state index in [9.17, 15) is 4.79 Å². The van der Waals surface area contributed by atoms with Gasteiger partial charge in [0.1, 0.15) is 10.8 Å². The Morgan fingerprint density at radius 1 is 1.26 bits per heavy atom. The maximum atomic E-state index is 12.1. The number of benzene rings is 1. The van der Waals surface area contributed by atoms with Crippen LogP contribution >= 0.6 is 11.6 Å². The second kappa shape index (κ2) is 11.9. The van der Waals surface area contributed by atoms with Gasteiger partial charge in [-0.15, -0.1) is 0 Å². The van der Waals surface area contributed by atoms with Crippen molar-refractivity contribution < 1.29 is 14.3 Å². The third-order valence-corrected chi connectivity index (χ3v) is 5.60. The molecule has 1 amide bonds. The molecule has 0 bridgehead atoms. The van der Waals surface area contributed by atoms with Gasteiger partial charge in [-0.1, -0.05) is 18.2 Å². The highest BCUT2D eigenvalue weighted by Crippen LogP contribution is 2.38. The van der Waals surface area contributed by atoms with Gasteiger partial charge in [0.2, 0.25) is 11.9 Å². The number of nitrogens with one attached hydrogen (secondary N) is 2. The molecule has 0 atom stereocenters. The zero-order chi connectivity index (χ0) is 24.7. The van der Waals surface area contributed by atoms with Crippen LogP contribution in [0.3, 0.4) is 0 Å². The lowest BCUT2D eigenvalue weighted by Gasteiger charge is -2.28. The van der Waals surface area contributed by atoms with Crippen LogP contribution in [0.15, 0.2) is 31.0 Å². The average Bonchev–Trinajstić information content (AvgIpc) is 2.84. The van der Waals surface area contributed by atoms with E-state index in [2.05, 4.69) is 41.9 Å². The summed E-state index contributed by atoms with van der Waals surface area (Å²) >= 11 is 6.37. The van der Waals surface area contributed by atoms with Crippen molar-refractivity contribution in [3.8, 4) is 5.75 Å². The van der Waals surface area contributed by atoms with E-state index in [1.807, 2.05) is 27.2 Å². The monoisotopic (exact) mass is 489 g/mol. The summed E-state index contributed by atoms with van der Waals surface area (Å²) in [7, 11) is 7.58. The summed E-state index contributed by atoms with van der Waals surface area (Å²) in [5.41, 5.74) is 2.02. The second-order valence-electron chi connectivity index (χ2n) is 8.08. The first kappa shape index (κ1) is 25.5. The number of ether oxygens (including phenoxy) is 2. The van der Waals surface area contributed by atoms with Crippen molar-refractivity contribution in [3.05, 3.63) is 36.0 Å². The number of morpholine rings is 1. The van der Waals surface area contributed by atoms with Gasteiger partial charge in [-0.3, -0.25) is 4.79 Å². The molecule has 2 N–H and O–H groups in total. The van der Waals surface area contributed by atoms with Gasteiger partial charge in [0.05, 0.1) is 43.6 Å². The zero-order valence-corrected chi connectivity index (χ0v) is 20.9. The molecular formula is C23H32ClN7O3. The summed E-state index contributed by atoms with van der Waals surface area (Å²) in [5, 5.41) is 6.57. The molecule has 0 unspecified atom stereocenters. The molecule has 1 aromatic carbocycles. The van der Waals surface area contributed by atoms with Gasteiger partial charge in [-0.25, -0.2) is 4.98 Å². The second-order valence-corrected chi connectivity index (χ2v) is 8.48. The van der Waals surface area contributed by atoms with Crippen LogP contribution in [0, 0.1) is 0 Å². The average molecular weight is 490 g/mol. The van der Waals surface area contributed by atoms with E-state index in [0.29, 0.717) is 60.2 Å². The Kier molecular flexibility index (Phi) is 8.91. The number of hydrogen-bond acceptors (Lipinski definition) is 9. The van der Waals surface area contributed by atoms with Gasteiger partial charge in [0.15, 0.2) is 5.82 Å². The Morgan fingerprint density at radius 2 is 2.00 bits per heavy atom. The fourth-order valence-electron chi connectivity index (χ4n) is 3.44. The normalized spacial score (nSPS) is 13.5. The highest BCUT2D eigenvalue weighted by molar-refractivity contribution is 6.32. The quantitative estimate of drug-likeness (QED) is 0.488. The van der Waals surface area contributed by atoms with E-state index in [0.717, 1.165) is 18.8 Å². The molecule has 34 heavy (non-hydrogen) atoms. The summed E-state index contributed by atoms with van der Waals surface area (Å²) in [6.45, 7) is 7.79. The van der Waals surface area contributed by atoms with Gasteiger partial charge < -0.3 is 34.8 Å². The van der Waals surface area contributed by atoms with Crippen LogP contribution in [-0.4, -0.2) is 88.4 Å². The molecule has 2 heterocycles. The molecular weight excluding hydrogens is 458 g/mol. The topological polar surface area (TPSA) is 95.1 Å². The highest BCUT2D eigenvalue weighted by atomic mass is 35.5. The van der Waals surface area contributed by atoms with Gasteiger partial charge >= 0.3 is 0 Å². The number of carbonyl (C=O) groups is 1. The van der Waals surface area contributed by atoms with Crippen LogP contribution in [0.25, 0.3) is 0 Å². The number of methoxy groups -OCH3 is 1. The summed E-state index contributed by atoms with van der Waals surface area (Å²) in [6, 6.07) is 3.67. The van der Waals surface area contributed by atoms with Crippen LogP contribution in [0.2, 0.25) is 5.02 Å². The first-order chi connectivity index (χ1) is 16.3. The summed E-state index contributed by atoms with van der Waals surface area (Å²) in [5.74, 6) is 1.27. The molecule has 11 heteroatoms. The largest absolute Gasteiger partial charge is 0.494 e. The predicted octanol–water partition coefficient (Wildman–Crippen LogP) is 2.84. The zero-order valence-electron chi connectivity index (χ0n) is 20.1. The van der Waals surface area contributed by atoms with Crippen molar-refractivity contribution in [2.75, 3.05) is 88.1 Å². The summed E-state index contributed by atoms with van der Waals surface area (Å²) in [6.07, 6.45) is 2.80. The van der Waals surface area contributed by atoms with Gasteiger partial charge in [-0.2, -0.15) is 4.98 Å². The van der Waals surface area contributed by atoms with Gasteiger partial charge in [-0.05, 0) is 26.2 Å². The molecule has 1 saturated heterocycles. The molecule has 0 aliphatic carbocycles.